The van der Waals surface area contributed by atoms with Crippen LogP contribution in [0.25, 0.3) is 17.4 Å². The van der Waals surface area contributed by atoms with E-state index in [1.807, 2.05) is 18.2 Å². The number of carbonyl (C=O) groups excluding carboxylic acids is 1. The zero-order chi connectivity index (χ0) is 20.5. The molecule has 29 heavy (non-hydrogen) atoms. The van der Waals surface area contributed by atoms with Crippen molar-refractivity contribution >= 4 is 40.7 Å². The Morgan fingerprint density at radius 1 is 1.14 bits per heavy atom. The lowest BCUT2D eigenvalue weighted by Crippen LogP contribution is -2.21. The maximum Gasteiger partial charge on any atom is 0.280 e. The Morgan fingerprint density at radius 3 is 2.62 bits per heavy atom. The number of para-hydroxylation sites is 1. The summed E-state index contributed by atoms with van der Waals surface area (Å²) in [6, 6.07) is 16.6. The lowest BCUT2D eigenvalue weighted by atomic mass is 10.1. The van der Waals surface area contributed by atoms with E-state index in [-0.39, 0.29) is 11.6 Å². The summed E-state index contributed by atoms with van der Waals surface area (Å²) in [6.07, 6.45) is 1.60. The van der Waals surface area contributed by atoms with Gasteiger partial charge < -0.3 is 4.42 Å². The molecule has 1 aliphatic rings. The molecule has 2 heterocycles. The Bertz CT molecular complexity index is 1180. The highest BCUT2D eigenvalue weighted by molar-refractivity contribution is 6.33. The van der Waals surface area contributed by atoms with E-state index in [0.717, 1.165) is 0 Å². The first-order valence-electron chi connectivity index (χ1n) is 8.65. The molecule has 0 aliphatic carbocycles. The van der Waals surface area contributed by atoms with Crippen LogP contribution in [0.4, 0.5) is 11.4 Å². The van der Waals surface area contributed by atoms with Gasteiger partial charge in [-0.05, 0) is 43.3 Å². The van der Waals surface area contributed by atoms with E-state index in [1.165, 1.54) is 23.2 Å². The van der Waals surface area contributed by atoms with Gasteiger partial charge in [-0.15, -0.1) is 0 Å². The molecule has 0 N–H and O–H groups in total. The second-order valence-corrected chi connectivity index (χ2v) is 6.73. The third kappa shape index (κ3) is 3.55. The van der Waals surface area contributed by atoms with Crippen LogP contribution < -0.4 is 5.01 Å². The molecule has 1 aliphatic heterocycles. The van der Waals surface area contributed by atoms with Crippen molar-refractivity contribution in [3.8, 4) is 11.3 Å². The van der Waals surface area contributed by atoms with Gasteiger partial charge in [0.2, 0.25) is 0 Å². The van der Waals surface area contributed by atoms with E-state index in [4.69, 9.17) is 16.0 Å². The number of furan rings is 1. The normalized spacial score (nSPS) is 15.1. The van der Waals surface area contributed by atoms with E-state index < -0.39 is 4.92 Å². The summed E-state index contributed by atoms with van der Waals surface area (Å²) in [6.45, 7) is 1.74. The summed E-state index contributed by atoms with van der Waals surface area (Å²) in [7, 11) is 0. The third-order valence-corrected chi connectivity index (χ3v) is 4.73. The van der Waals surface area contributed by atoms with Gasteiger partial charge in [0.15, 0.2) is 0 Å². The van der Waals surface area contributed by atoms with Gasteiger partial charge in [0.05, 0.1) is 26.9 Å². The first kappa shape index (κ1) is 18.6. The Labute approximate surface area is 170 Å². The Hall–Kier alpha value is -3.71. The molecular weight excluding hydrogens is 394 g/mol. The monoisotopic (exact) mass is 407 g/mol. The molecule has 2 aromatic carbocycles. The summed E-state index contributed by atoms with van der Waals surface area (Å²) >= 11 is 6.17. The van der Waals surface area contributed by atoms with E-state index in [1.54, 1.807) is 37.3 Å². The number of carbonyl (C=O) groups is 1. The molecule has 1 amide bonds. The number of hydrogen-bond donors (Lipinski definition) is 0. The van der Waals surface area contributed by atoms with E-state index in [9.17, 15) is 14.9 Å². The van der Waals surface area contributed by atoms with Crippen molar-refractivity contribution in [1.82, 2.24) is 0 Å². The Morgan fingerprint density at radius 2 is 1.90 bits per heavy atom. The minimum absolute atomic E-state index is 0.0897. The summed E-state index contributed by atoms with van der Waals surface area (Å²) in [5.74, 6) is 0.515. The van der Waals surface area contributed by atoms with E-state index in [2.05, 4.69) is 5.10 Å². The third-order valence-electron chi connectivity index (χ3n) is 4.40. The van der Waals surface area contributed by atoms with Crippen LogP contribution in [0.1, 0.15) is 12.7 Å². The van der Waals surface area contributed by atoms with E-state index in [0.29, 0.717) is 39.1 Å². The molecule has 0 saturated carbocycles. The Kier molecular flexibility index (Phi) is 4.74. The summed E-state index contributed by atoms with van der Waals surface area (Å²) in [5, 5.41) is 17.0. The molecule has 3 aromatic rings. The molecule has 0 spiro atoms. The first-order valence-corrected chi connectivity index (χ1v) is 9.03. The van der Waals surface area contributed by atoms with Crippen LogP contribution in [-0.4, -0.2) is 16.5 Å². The summed E-state index contributed by atoms with van der Waals surface area (Å²) in [4.78, 5) is 23.3. The van der Waals surface area contributed by atoms with Gasteiger partial charge in [0, 0.05) is 17.7 Å². The van der Waals surface area contributed by atoms with Crippen molar-refractivity contribution in [1.29, 1.82) is 0 Å². The fourth-order valence-corrected chi connectivity index (χ4v) is 3.17. The molecule has 0 radical (unpaired) electrons. The van der Waals surface area contributed by atoms with Crippen molar-refractivity contribution in [2.75, 3.05) is 5.01 Å². The molecule has 8 heteroatoms. The van der Waals surface area contributed by atoms with Crippen LogP contribution in [0.5, 0.6) is 0 Å². The molecule has 0 bridgehead atoms. The molecule has 4 rings (SSSR count). The number of non-ortho nitro benzene ring substituents is 1. The maximum absolute atomic E-state index is 12.8. The number of halogens is 1. The highest BCUT2D eigenvalue weighted by Crippen LogP contribution is 2.33. The summed E-state index contributed by atoms with van der Waals surface area (Å²) in [5.41, 5.74) is 1.95. The maximum atomic E-state index is 12.8. The standard InChI is InChI=1S/C21H14ClN3O4/c1-13-17(21(26)24(23-13)14-5-3-2-4-6-14)12-16-8-10-20(29-16)18-11-15(25(27)28)7-9-19(18)22/h2-12H,1H3/b17-12+. The molecule has 1 aromatic heterocycles. The molecule has 0 saturated heterocycles. The smallest absolute Gasteiger partial charge is 0.280 e. The van der Waals surface area contributed by atoms with Crippen molar-refractivity contribution < 1.29 is 14.1 Å². The molecule has 144 valence electrons. The zero-order valence-corrected chi connectivity index (χ0v) is 16.0. The Balaban J connectivity index is 1.65. The largest absolute Gasteiger partial charge is 0.457 e. The number of benzene rings is 2. The number of hydrogen-bond acceptors (Lipinski definition) is 5. The second kappa shape index (κ2) is 7.37. The first-order chi connectivity index (χ1) is 13.9. The highest BCUT2D eigenvalue weighted by atomic mass is 35.5. The SMILES string of the molecule is CC1=NN(c2ccccc2)C(=O)/C1=C/c1ccc(-c2cc([N+](=O)[O-])ccc2Cl)o1. The number of nitro groups is 1. The highest BCUT2D eigenvalue weighted by Gasteiger charge is 2.29. The molecule has 0 fully saturated rings. The van der Waals surface area contributed by atoms with Gasteiger partial charge in [-0.1, -0.05) is 29.8 Å². The molecule has 0 atom stereocenters. The number of amides is 1. The van der Waals surface area contributed by atoms with Gasteiger partial charge >= 0.3 is 0 Å². The quantitative estimate of drug-likeness (QED) is 0.333. The van der Waals surface area contributed by atoms with Gasteiger partial charge in [-0.2, -0.15) is 10.1 Å². The minimum atomic E-state index is -0.499. The van der Waals surface area contributed by atoms with Crippen LogP contribution in [0, 0.1) is 10.1 Å². The predicted molar refractivity (Wildman–Crippen MR) is 111 cm³/mol. The number of rotatable bonds is 4. The molecular formula is C21H14ClN3O4. The predicted octanol–water partition coefficient (Wildman–Crippen LogP) is 5.31. The van der Waals surface area contributed by atoms with Crippen molar-refractivity contribution in [2.24, 2.45) is 5.10 Å². The van der Waals surface area contributed by atoms with Crippen LogP contribution in [0.15, 0.2) is 75.8 Å². The van der Waals surface area contributed by atoms with E-state index >= 15 is 0 Å². The number of nitrogens with zero attached hydrogens (tertiary/aromatic N) is 3. The van der Waals surface area contributed by atoms with Crippen molar-refractivity contribution in [3.05, 3.63) is 87.1 Å². The zero-order valence-electron chi connectivity index (χ0n) is 15.2. The average Bonchev–Trinajstić information content (AvgIpc) is 3.29. The van der Waals surface area contributed by atoms with Gasteiger partial charge in [0.25, 0.3) is 11.6 Å². The van der Waals surface area contributed by atoms with Gasteiger partial charge in [0.1, 0.15) is 11.5 Å². The topological polar surface area (TPSA) is 89.0 Å². The lowest BCUT2D eigenvalue weighted by molar-refractivity contribution is -0.384. The van der Waals surface area contributed by atoms with Gasteiger partial charge in [-0.25, -0.2) is 0 Å². The van der Waals surface area contributed by atoms with Crippen LogP contribution in [0.2, 0.25) is 5.02 Å². The number of nitro benzene ring substituents is 1. The van der Waals surface area contributed by atoms with Crippen LogP contribution in [-0.2, 0) is 4.79 Å². The summed E-state index contributed by atoms with van der Waals surface area (Å²) < 4.78 is 5.78. The van der Waals surface area contributed by atoms with Crippen LogP contribution >= 0.6 is 11.6 Å². The fourth-order valence-electron chi connectivity index (χ4n) is 2.96. The average molecular weight is 408 g/mol. The fraction of sp³-hybridized carbons (Fsp3) is 0.0476. The lowest BCUT2D eigenvalue weighted by Gasteiger charge is -2.10. The van der Waals surface area contributed by atoms with Crippen molar-refractivity contribution in [2.45, 2.75) is 6.92 Å². The van der Waals surface area contributed by atoms with Gasteiger partial charge in [-0.3, -0.25) is 14.9 Å². The molecule has 7 nitrogen and oxygen atoms in total. The number of hydrazone groups is 1. The molecule has 0 unspecified atom stereocenters. The minimum Gasteiger partial charge on any atom is -0.457 e. The number of anilines is 1. The van der Waals surface area contributed by atoms with Crippen LogP contribution in [0.3, 0.4) is 0 Å². The van der Waals surface area contributed by atoms with Crippen molar-refractivity contribution in [3.63, 3.8) is 0 Å². The second-order valence-electron chi connectivity index (χ2n) is 6.32.